The first-order valence-corrected chi connectivity index (χ1v) is 5.31. The number of ether oxygens (including phenoxy) is 1. The van der Waals surface area contributed by atoms with Crippen molar-refractivity contribution in [3.63, 3.8) is 0 Å². The quantitative estimate of drug-likeness (QED) is 0.801. The lowest BCUT2D eigenvalue weighted by Crippen LogP contribution is -2.35. The number of anilines is 1. The fourth-order valence-corrected chi connectivity index (χ4v) is 1.71. The van der Waals surface area contributed by atoms with Gasteiger partial charge in [0.15, 0.2) is 0 Å². The fourth-order valence-electron chi connectivity index (χ4n) is 1.71. The van der Waals surface area contributed by atoms with E-state index in [1.165, 1.54) is 0 Å². The van der Waals surface area contributed by atoms with Crippen LogP contribution in [-0.2, 0) is 11.3 Å². The van der Waals surface area contributed by atoms with Crippen molar-refractivity contribution in [2.75, 3.05) is 38.7 Å². The van der Waals surface area contributed by atoms with Crippen LogP contribution in [-0.4, -0.2) is 43.2 Å². The van der Waals surface area contributed by atoms with Crippen molar-refractivity contribution in [1.29, 1.82) is 0 Å². The summed E-state index contributed by atoms with van der Waals surface area (Å²) in [6.07, 6.45) is 1.85. The van der Waals surface area contributed by atoms with Crippen LogP contribution in [0.1, 0.15) is 5.69 Å². The van der Waals surface area contributed by atoms with Crippen LogP contribution >= 0.6 is 0 Å². The molecule has 1 saturated heterocycles. The van der Waals surface area contributed by atoms with Gasteiger partial charge in [0.05, 0.1) is 18.9 Å². The third-order valence-corrected chi connectivity index (χ3v) is 2.59. The second-order valence-electron chi connectivity index (χ2n) is 3.67. The summed E-state index contributed by atoms with van der Waals surface area (Å²) in [5, 5.41) is 3.12. The lowest BCUT2D eigenvalue weighted by Gasteiger charge is -2.26. The number of hydrogen-bond acceptors (Lipinski definition) is 4. The minimum Gasteiger partial charge on any atom is -0.388 e. The van der Waals surface area contributed by atoms with Gasteiger partial charge in [-0.05, 0) is 12.1 Å². The Kier molecular flexibility index (Phi) is 3.53. The van der Waals surface area contributed by atoms with Crippen molar-refractivity contribution < 1.29 is 4.74 Å². The third kappa shape index (κ3) is 2.91. The molecule has 1 aromatic rings. The smallest absolute Gasteiger partial charge is 0.0594 e. The summed E-state index contributed by atoms with van der Waals surface area (Å²) < 4.78 is 5.31. The molecule has 0 amide bonds. The Morgan fingerprint density at radius 3 is 3.00 bits per heavy atom. The molecule has 1 fully saturated rings. The molecule has 0 spiro atoms. The Morgan fingerprint density at radius 2 is 2.27 bits per heavy atom. The van der Waals surface area contributed by atoms with E-state index in [0.717, 1.165) is 44.2 Å². The molecule has 4 nitrogen and oxygen atoms in total. The third-order valence-electron chi connectivity index (χ3n) is 2.59. The van der Waals surface area contributed by atoms with Gasteiger partial charge in [-0.15, -0.1) is 0 Å². The Hall–Kier alpha value is -1.13. The van der Waals surface area contributed by atoms with Crippen molar-refractivity contribution >= 4 is 5.69 Å². The van der Waals surface area contributed by atoms with E-state index in [-0.39, 0.29) is 0 Å². The van der Waals surface area contributed by atoms with Crippen LogP contribution in [0.5, 0.6) is 0 Å². The van der Waals surface area contributed by atoms with Crippen LogP contribution in [0.4, 0.5) is 5.69 Å². The summed E-state index contributed by atoms with van der Waals surface area (Å²) in [7, 11) is 1.92. The maximum absolute atomic E-state index is 5.31. The van der Waals surface area contributed by atoms with Gasteiger partial charge in [0, 0.05) is 38.6 Å². The number of nitrogens with one attached hydrogen (secondary N) is 1. The number of rotatable bonds is 3. The molecule has 0 aromatic carbocycles. The second-order valence-corrected chi connectivity index (χ2v) is 3.67. The second kappa shape index (κ2) is 5.09. The number of hydrogen-bond donors (Lipinski definition) is 1. The first-order chi connectivity index (χ1) is 7.38. The Morgan fingerprint density at radius 1 is 1.47 bits per heavy atom. The Balaban J connectivity index is 1.96. The first kappa shape index (κ1) is 10.4. The average Bonchev–Trinajstić information content (AvgIpc) is 2.31. The molecule has 2 rings (SSSR count). The van der Waals surface area contributed by atoms with E-state index in [4.69, 9.17) is 4.74 Å². The SMILES string of the molecule is CNc1ccnc(CN2CCOCC2)c1. The van der Waals surface area contributed by atoms with Crippen LogP contribution in [0, 0.1) is 0 Å². The lowest BCUT2D eigenvalue weighted by molar-refractivity contribution is 0.0336. The van der Waals surface area contributed by atoms with Crippen LogP contribution in [0.3, 0.4) is 0 Å². The predicted octanol–water partition coefficient (Wildman–Crippen LogP) is 0.955. The largest absolute Gasteiger partial charge is 0.388 e. The Bertz CT molecular complexity index is 310. The van der Waals surface area contributed by atoms with Crippen molar-refractivity contribution in [2.45, 2.75) is 6.54 Å². The molecule has 1 N–H and O–H groups in total. The van der Waals surface area contributed by atoms with Gasteiger partial charge in [-0.3, -0.25) is 9.88 Å². The molecule has 2 heterocycles. The van der Waals surface area contributed by atoms with Crippen molar-refractivity contribution in [2.24, 2.45) is 0 Å². The van der Waals surface area contributed by atoms with Crippen LogP contribution in [0.25, 0.3) is 0 Å². The summed E-state index contributed by atoms with van der Waals surface area (Å²) in [5.41, 5.74) is 2.23. The highest BCUT2D eigenvalue weighted by molar-refractivity contribution is 5.42. The van der Waals surface area contributed by atoms with Crippen LogP contribution in [0.15, 0.2) is 18.3 Å². The molecule has 1 aliphatic rings. The molecule has 0 bridgehead atoms. The van der Waals surface area contributed by atoms with Gasteiger partial charge in [-0.25, -0.2) is 0 Å². The van der Waals surface area contributed by atoms with E-state index in [1.807, 2.05) is 19.3 Å². The summed E-state index contributed by atoms with van der Waals surface area (Å²) in [4.78, 5) is 6.73. The Labute approximate surface area is 90.3 Å². The molecule has 1 aliphatic heterocycles. The average molecular weight is 207 g/mol. The monoisotopic (exact) mass is 207 g/mol. The maximum Gasteiger partial charge on any atom is 0.0594 e. The van der Waals surface area contributed by atoms with E-state index < -0.39 is 0 Å². The molecular formula is C11H17N3O. The maximum atomic E-state index is 5.31. The molecule has 82 valence electrons. The van der Waals surface area contributed by atoms with Gasteiger partial charge in [-0.2, -0.15) is 0 Å². The van der Waals surface area contributed by atoms with E-state index in [1.54, 1.807) is 0 Å². The predicted molar refractivity (Wildman–Crippen MR) is 59.9 cm³/mol. The highest BCUT2D eigenvalue weighted by Crippen LogP contribution is 2.10. The summed E-state index contributed by atoms with van der Waals surface area (Å²) in [6, 6.07) is 4.07. The molecule has 0 saturated carbocycles. The molecule has 4 heteroatoms. The van der Waals surface area contributed by atoms with Gasteiger partial charge >= 0.3 is 0 Å². The number of aromatic nitrogens is 1. The zero-order valence-electron chi connectivity index (χ0n) is 9.07. The molecule has 0 radical (unpaired) electrons. The number of morpholine rings is 1. The zero-order chi connectivity index (χ0) is 10.5. The number of nitrogens with zero attached hydrogens (tertiary/aromatic N) is 2. The molecule has 15 heavy (non-hydrogen) atoms. The summed E-state index contributed by atoms with van der Waals surface area (Å²) >= 11 is 0. The van der Waals surface area contributed by atoms with Crippen molar-refractivity contribution in [3.8, 4) is 0 Å². The molecule has 0 atom stereocenters. The lowest BCUT2D eigenvalue weighted by atomic mass is 10.3. The van der Waals surface area contributed by atoms with Crippen molar-refractivity contribution in [1.82, 2.24) is 9.88 Å². The van der Waals surface area contributed by atoms with E-state index in [2.05, 4.69) is 21.3 Å². The van der Waals surface area contributed by atoms with Gasteiger partial charge in [-0.1, -0.05) is 0 Å². The van der Waals surface area contributed by atoms with Gasteiger partial charge < -0.3 is 10.1 Å². The standard InChI is InChI=1S/C11H17N3O/c1-12-10-2-3-13-11(8-10)9-14-4-6-15-7-5-14/h2-3,8H,4-7,9H2,1H3,(H,12,13). The minimum absolute atomic E-state index is 0.839. The fraction of sp³-hybridized carbons (Fsp3) is 0.545. The molecule has 0 unspecified atom stereocenters. The van der Waals surface area contributed by atoms with Gasteiger partial charge in [0.2, 0.25) is 0 Å². The van der Waals surface area contributed by atoms with E-state index in [9.17, 15) is 0 Å². The topological polar surface area (TPSA) is 37.4 Å². The van der Waals surface area contributed by atoms with Gasteiger partial charge in [0.25, 0.3) is 0 Å². The van der Waals surface area contributed by atoms with Gasteiger partial charge in [0.1, 0.15) is 0 Å². The molecular weight excluding hydrogens is 190 g/mol. The van der Waals surface area contributed by atoms with Crippen LogP contribution in [0.2, 0.25) is 0 Å². The van der Waals surface area contributed by atoms with E-state index in [0.29, 0.717) is 0 Å². The molecule has 0 aliphatic carbocycles. The molecule has 1 aromatic heterocycles. The van der Waals surface area contributed by atoms with Crippen LogP contribution < -0.4 is 5.32 Å². The van der Waals surface area contributed by atoms with E-state index >= 15 is 0 Å². The highest BCUT2D eigenvalue weighted by Gasteiger charge is 2.11. The number of pyridine rings is 1. The van der Waals surface area contributed by atoms with Crippen molar-refractivity contribution in [3.05, 3.63) is 24.0 Å². The normalized spacial score (nSPS) is 17.7. The minimum atomic E-state index is 0.839. The summed E-state index contributed by atoms with van der Waals surface area (Å²) in [5.74, 6) is 0. The summed E-state index contributed by atoms with van der Waals surface area (Å²) in [6.45, 7) is 4.60. The zero-order valence-corrected chi connectivity index (χ0v) is 9.07. The highest BCUT2D eigenvalue weighted by atomic mass is 16.5. The first-order valence-electron chi connectivity index (χ1n) is 5.31.